The number of morpholine rings is 1. The topological polar surface area (TPSA) is 42.3 Å². The van der Waals surface area contributed by atoms with Gasteiger partial charge in [0.15, 0.2) is 0 Å². The highest BCUT2D eigenvalue weighted by molar-refractivity contribution is 5.85. The van der Waals surface area contributed by atoms with Crippen molar-refractivity contribution >= 4 is 24.8 Å². The van der Waals surface area contributed by atoms with Crippen LogP contribution in [0.5, 0.6) is 0 Å². The molecule has 0 amide bonds. The van der Waals surface area contributed by atoms with E-state index in [1.807, 2.05) is 17.9 Å². The van der Waals surface area contributed by atoms with Crippen molar-refractivity contribution in [2.45, 2.75) is 13.0 Å². The van der Waals surface area contributed by atoms with Gasteiger partial charge in [-0.2, -0.15) is 5.10 Å². The predicted octanol–water partition coefficient (Wildman–Crippen LogP) is 1.08. The minimum absolute atomic E-state index is 0. The number of nitrogens with one attached hydrogen (secondary N) is 1. The first kappa shape index (κ1) is 18.7. The van der Waals surface area contributed by atoms with Crippen LogP contribution in [-0.2, 0) is 18.3 Å². The third kappa shape index (κ3) is 7.13. The summed E-state index contributed by atoms with van der Waals surface area (Å²) in [5, 5.41) is 7.75. The Morgan fingerprint density at radius 3 is 2.68 bits per heavy atom. The van der Waals surface area contributed by atoms with Gasteiger partial charge in [0.2, 0.25) is 0 Å². The number of nitrogens with zero attached hydrogens (tertiary/aromatic N) is 3. The van der Waals surface area contributed by atoms with E-state index in [0.29, 0.717) is 0 Å². The molecule has 1 aromatic heterocycles. The van der Waals surface area contributed by atoms with E-state index in [2.05, 4.69) is 21.4 Å². The fourth-order valence-electron chi connectivity index (χ4n) is 2.03. The van der Waals surface area contributed by atoms with E-state index in [-0.39, 0.29) is 24.8 Å². The summed E-state index contributed by atoms with van der Waals surface area (Å²) < 4.78 is 7.16. The average molecular weight is 311 g/mol. The van der Waals surface area contributed by atoms with Crippen LogP contribution in [0.15, 0.2) is 12.3 Å². The summed E-state index contributed by atoms with van der Waals surface area (Å²) in [5.41, 5.74) is 1.11. The Kier molecular flexibility index (Phi) is 10.3. The molecule has 0 saturated carbocycles. The summed E-state index contributed by atoms with van der Waals surface area (Å²) >= 11 is 0. The van der Waals surface area contributed by atoms with E-state index < -0.39 is 0 Å². The van der Waals surface area contributed by atoms with Gasteiger partial charge in [-0.05, 0) is 25.6 Å². The van der Waals surface area contributed by atoms with Crippen molar-refractivity contribution in [1.82, 2.24) is 20.0 Å². The van der Waals surface area contributed by atoms with Crippen LogP contribution < -0.4 is 5.32 Å². The van der Waals surface area contributed by atoms with Gasteiger partial charge in [-0.15, -0.1) is 24.8 Å². The van der Waals surface area contributed by atoms with Crippen molar-refractivity contribution in [1.29, 1.82) is 0 Å². The Labute approximate surface area is 127 Å². The minimum atomic E-state index is 0. The van der Waals surface area contributed by atoms with E-state index in [1.54, 1.807) is 0 Å². The van der Waals surface area contributed by atoms with Gasteiger partial charge in [0, 0.05) is 32.9 Å². The average Bonchev–Trinajstić information content (AvgIpc) is 2.76. The second kappa shape index (κ2) is 10.5. The van der Waals surface area contributed by atoms with Crippen molar-refractivity contribution in [3.63, 3.8) is 0 Å². The van der Waals surface area contributed by atoms with Gasteiger partial charge in [-0.3, -0.25) is 9.58 Å². The SMILES string of the molecule is Cl.Cl.Cn1ccc(CNCCCN2CCOCC2)n1. The van der Waals surface area contributed by atoms with Crippen molar-refractivity contribution in [3.05, 3.63) is 18.0 Å². The van der Waals surface area contributed by atoms with Crippen LogP contribution in [0.4, 0.5) is 0 Å². The maximum absolute atomic E-state index is 5.32. The summed E-state index contributed by atoms with van der Waals surface area (Å²) in [4.78, 5) is 2.46. The smallest absolute Gasteiger partial charge is 0.0762 e. The molecule has 1 saturated heterocycles. The van der Waals surface area contributed by atoms with Crippen LogP contribution >= 0.6 is 24.8 Å². The Bertz CT molecular complexity index is 329. The predicted molar refractivity (Wildman–Crippen MR) is 81.3 cm³/mol. The molecule has 0 aromatic carbocycles. The second-order valence-electron chi connectivity index (χ2n) is 4.47. The highest BCUT2D eigenvalue weighted by Gasteiger charge is 2.08. The van der Waals surface area contributed by atoms with Crippen LogP contribution in [0.1, 0.15) is 12.1 Å². The third-order valence-corrected chi connectivity index (χ3v) is 3.01. The molecule has 1 aromatic rings. The Morgan fingerprint density at radius 1 is 1.32 bits per heavy atom. The number of ether oxygens (including phenoxy) is 1. The van der Waals surface area contributed by atoms with Crippen molar-refractivity contribution in [2.24, 2.45) is 7.05 Å². The molecule has 0 atom stereocenters. The van der Waals surface area contributed by atoms with Crippen molar-refractivity contribution in [3.8, 4) is 0 Å². The van der Waals surface area contributed by atoms with Gasteiger partial charge in [0.1, 0.15) is 0 Å². The molecule has 7 heteroatoms. The molecule has 1 aliphatic heterocycles. The number of hydrogen-bond donors (Lipinski definition) is 1. The van der Waals surface area contributed by atoms with E-state index in [4.69, 9.17) is 4.74 Å². The molecule has 1 fully saturated rings. The molecule has 0 radical (unpaired) electrons. The molecule has 1 aliphatic rings. The first-order chi connectivity index (χ1) is 8.34. The van der Waals surface area contributed by atoms with E-state index in [0.717, 1.165) is 45.1 Å². The van der Waals surface area contributed by atoms with Crippen LogP contribution in [0.25, 0.3) is 0 Å². The highest BCUT2D eigenvalue weighted by atomic mass is 35.5. The molecule has 1 N–H and O–H groups in total. The first-order valence-corrected chi connectivity index (χ1v) is 6.34. The molecular weight excluding hydrogens is 287 g/mol. The standard InChI is InChI=1S/C12H22N4O.2ClH/c1-15-6-3-12(14-15)11-13-4-2-5-16-7-9-17-10-8-16;;/h3,6,13H,2,4-5,7-11H2,1H3;2*1H. The lowest BCUT2D eigenvalue weighted by Crippen LogP contribution is -2.37. The van der Waals surface area contributed by atoms with Crippen molar-refractivity contribution in [2.75, 3.05) is 39.4 Å². The molecule has 19 heavy (non-hydrogen) atoms. The van der Waals surface area contributed by atoms with Gasteiger partial charge in [-0.1, -0.05) is 0 Å². The number of aromatic nitrogens is 2. The monoisotopic (exact) mass is 310 g/mol. The Morgan fingerprint density at radius 2 is 2.05 bits per heavy atom. The molecule has 5 nitrogen and oxygen atoms in total. The fourth-order valence-corrected chi connectivity index (χ4v) is 2.03. The zero-order valence-electron chi connectivity index (χ0n) is 11.4. The largest absolute Gasteiger partial charge is 0.379 e. The maximum Gasteiger partial charge on any atom is 0.0762 e. The van der Waals surface area contributed by atoms with Crippen LogP contribution in [0.2, 0.25) is 0 Å². The number of halogens is 2. The Balaban J connectivity index is 0.00000162. The van der Waals surface area contributed by atoms with Crippen LogP contribution in [-0.4, -0.2) is 54.1 Å². The summed E-state index contributed by atoms with van der Waals surface area (Å²) in [6.45, 7) is 7.03. The van der Waals surface area contributed by atoms with Crippen molar-refractivity contribution < 1.29 is 4.74 Å². The summed E-state index contributed by atoms with van der Waals surface area (Å²) in [7, 11) is 1.95. The quantitative estimate of drug-likeness (QED) is 0.798. The van der Waals surface area contributed by atoms with Gasteiger partial charge in [0.05, 0.1) is 18.9 Å². The molecule has 0 bridgehead atoms. The lowest BCUT2D eigenvalue weighted by Gasteiger charge is -2.26. The minimum Gasteiger partial charge on any atom is -0.379 e. The highest BCUT2D eigenvalue weighted by Crippen LogP contribution is 1.98. The lowest BCUT2D eigenvalue weighted by molar-refractivity contribution is 0.0374. The molecular formula is C12H24Cl2N4O. The number of rotatable bonds is 6. The molecule has 0 unspecified atom stereocenters. The molecule has 0 aliphatic carbocycles. The number of aryl methyl sites for hydroxylation is 1. The fraction of sp³-hybridized carbons (Fsp3) is 0.750. The van der Waals surface area contributed by atoms with Gasteiger partial charge < -0.3 is 10.1 Å². The molecule has 2 rings (SSSR count). The van der Waals surface area contributed by atoms with Crippen LogP contribution in [0, 0.1) is 0 Å². The maximum atomic E-state index is 5.32. The van der Waals surface area contributed by atoms with E-state index in [1.165, 1.54) is 13.0 Å². The van der Waals surface area contributed by atoms with Gasteiger partial charge in [0.25, 0.3) is 0 Å². The summed E-state index contributed by atoms with van der Waals surface area (Å²) in [6, 6.07) is 2.05. The van der Waals surface area contributed by atoms with Gasteiger partial charge >= 0.3 is 0 Å². The second-order valence-corrected chi connectivity index (χ2v) is 4.47. The zero-order valence-corrected chi connectivity index (χ0v) is 13.0. The van der Waals surface area contributed by atoms with Gasteiger partial charge in [-0.25, -0.2) is 0 Å². The zero-order chi connectivity index (χ0) is 11.9. The molecule has 112 valence electrons. The Hall–Kier alpha value is -0.330. The normalized spacial score (nSPS) is 15.6. The molecule has 2 heterocycles. The summed E-state index contributed by atoms with van der Waals surface area (Å²) in [5.74, 6) is 0. The van der Waals surface area contributed by atoms with E-state index in [9.17, 15) is 0 Å². The number of hydrogen-bond acceptors (Lipinski definition) is 4. The first-order valence-electron chi connectivity index (χ1n) is 6.34. The summed E-state index contributed by atoms with van der Waals surface area (Å²) in [6.07, 6.45) is 3.16. The van der Waals surface area contributed by atoms with E-state index >= 15 is 0 Å². The van der Waals surface area contributed by atoms with Crippen LogP contribution in [0.3, 0.4) is 0 Å². The third-order valence-electron chi connectivity index (χ3n) is 3.01. The lowest BCUT2D eigenvalue weighted by atomic mass is 10.3. The molecule has 0 spiro atoms.